The summed E-state index contributed by atoms with van der Waals surface area (Å²) in [5.41, 5.74) is 0. The van der Waals surface area contributed by atoms with Gasteiger partial charge < -0.3 is 9.84 Å². The fourth-order valence-electron chi connectivity index (χ4n) is 1.09. The van der Waals surface area contributed by atoms with Gasteiger partial charge in [0.05, 0.1) is 12.8 Å². The summed E-state index contributed by atoms with van der Waals surface area (Å²) in [4.78, 5) is 21.6. The van der Waals surface area contributed by atoms with Gasteiger partial charge in [0, 0.05) is 11.5 Å². The number of benzene rings is 1. The lowest BCUT2D eigenvalue weighted by molar-refractivity contribution is -0.136. The lowest BCUT2D eigenvalue weighted by Crippen LogP contribution is -2.09. The van der Waals surface area contributed by atoms with Crippen LogP contribution in [0.2, 0.25) is 0 Å². The van der Waals surface area contributed by atoms with Gasteiger partial charge in [-0.15, -0.1) is 0 Å². The Hall–Kier alpha value is -1.49. The summed E-state index contributed by atoms with van der Waals surface area (Å²) in [7, 11) is 0. The minimum Gasteiger partial charge on any atom is -0.481 e. The van der Waals surface area contributed by atoms with Gasteiger partial charge in [0.1, 0.15) is 5.75 Å². The van der Waals surface area contributed by atoms with Gasteiger partial charge in [0.25, 0.3) is 0 Å². The van der Waals surface area contributed by atoms with Crippen LogP contribution in [0.1, 0.15) is 12.8 Å². The molecule has 0 atom stereocenters. The Balaban J connectivity index is 2.12. The van der Waals surface area contributed by atoms with Gasteiger partial charge in [-0.1, -0.05) is 18.2 Å². The van der Waals surface area contributed by atoms with E-state index in [4.69, 9.17) is 9.84 Å². The van der Waals surface area contributed by atoms with Crippen LogP contribution in [0.3, 0.4) is 0 Å². The second-order valence-electron chi connectivity index (χ2n) is 3.29. The quantitative estimate of drug-likeness (QED) is 0.459. The van der Waals surface area contributed by atoms with Gasteiger partial charge in [0.2, 0.25) is 0 Å². The molecule has 92 valence electrons. The molecule has 0 aliphatic heterocycles. The number of carbonyl (C=O) groups is 2. The van der Waals surface area contributed by atoms with E-state index in [1.54, 1.807) is 24.3 Å². The van der Waals surface area contributed by atoms with Gasteiger partial charge in [0.15, 0.2) is 0 Å². The Morgan fingerprint density at radius 3 is 2.41 bits per heavy atom. The summed E-state index contributed by atoms with van der Waals surface area (Å²) in [6, 6.07) is 8.87. The van der Waals surface area contributed by atoms with Crippen molar-refractivity contribution in [3.05, 3.63) is 30.3 Å². The molecular weight excluding hydrogens is 240 g/mol. The van der Waals surface area contributed by atoms with Crippen molar-refractivity contribution in [3.8, 4) is 5.75 Å². The molecule has 0 unspecified atom stereocenters. The van der Waals surface area contributed by atoms with Crippen molar-refractivity contribution >= 4 is 23.7 Å². The molecule has 0 fully saturated rings. The zero-order valence-electron chi connectivity index (χ0n) is 9.30. The third-order valence-corrected chi connectivity index (χ3v) is 2.87. The summed E-state index contributed by atoms with van der Waals surface area (Å²) < 4.78 is 5.07. The summed E-state index contributed by atoms with van der Waals surface area (Å²) in [5.74, 6) is 0.531. The van der Waals surface area contributed by atoms with Gasteiger partial charge in [-0.3, -0.25) is 9.59 Å². The van der Waals surface area contributed by atoms with E-state index in [-0.39, 0.29) is 12.4 Å². The molecule has 1 rings (SSSR count). The number of hydrogen-bond acceptors (Lipinski definition) is 4. The Bertz CT molecular complexity index is 364. The molecule has 4 nitrogen and oxygen atoms in total. The van der Waals surface area contributed by atoms with Crippen LogP contribution in [-0.2, 0) is 9.59 Å². The Labute approximate surface area is 104 Å². The molecule has 5 heteroatoms. The van der Waals surface area contributed by atoms with E-state index in [1.807, 2.05) is 6.07 Å². The van der Waals surface area contributed by atoms with Crippen LogP contribution in [0.15, 0.2) is 30.3 Å². The molecule has 0 aromatic heterocycles. The maximum absolute atomic E-state index is 11.4. The van der Waals surface area contributed by atoms with Crippen molar-refractivity contribution < 1.29 is 19.4 Å². The van der Waals surface area contributed by atoms with Gasteiger partial charge in [-0.25, -0.2) is 0 Å². The topological polar surface area (TPSA) is 63.6 Å². The van der Waals surface area contributed by atoms with Crippen molar-refractivity contribution in [1.29, 1.82) is 0 Å². The van der Waals surface area contributed by atoms with E-state index in [2.05, 4.69) is 0 Å². The fraction of sp³-hybridized carbons (Fsp3) is 0.333. The average Bonchev–Trinajstić information content (AvgIpc) is 2.29. The van der Waals surface area contributed by atoms with Crippen LogP contribution in [0.25, 0.3) is 0 Å². The molecule has 0 heterocycles. The summed E-state index contributed by atoms with van der Waals surface area (Å²) in [6.45, 7) is 0. The minimum atomic E-state index is -0.815. The van der Waals surface area contributed by atoms with Crippen LogP contribution in [0.5, 0.6) is 5.75 Å². The van der Waals surface area contributed by atoms with Gasteiger partial charge in [-0.2, -0.15) is 11.8 Å². The normalized spacial score (nSPS) is 9.88. The Kier molecular flexibility index (Phi) is 6.17. The van der Waals surface area contributed by atoms with Crippen LogP contribution >= 0.6 is 11.8 Å². The third-order valence-electron chi connectivity index (χ3n) is 1.89. The van der Waals surface area contributed by atoms with E-state index in [0.717, 1.165) is 0 Å². The van der Waals surface area contributed by atoms with Crippen LogP contribution < -0.4 is 4.74 Å². The number of rotatable bonds is 7. The number of carboxylic acid groups (broad SMARTS) is 1. The smallest absolute Gasteiger partial charge is 0.312 e. The predicted molar refractivity (Wildman–Crippen MR) is 66.3 cm³/mol. The van der Waals surface area contributed by atoms with E-state index in [1.165, 1.54) is 11.8 Å². The van der Waals surface area contributed by atoms with Crippen molar-refractivity contribution in [1.82, 2.24) is 0 Å². The number of esters is 1. The largest absolute Gasteiger partial charge is 0.481 e. The van der Waals surface area contributed by atoms with Crippen molar-refractivity contribution in [2.45, 2.75) is 12.8 Å². The molecule has 0 aliphatic rings. The molecule has 1 aromatic rings. The number of thioether (sulfide) groups is 1. The van der Waals surface area contributed by atoms with Crippen LogP contribution in [0.4, 0.5) is 0 Å². The summed E-state index contributed by atoms with van der Waals surface area (Å²) in [6.07, 6.45) is 0.414. The highest BCUT2D eigenvalue weighted by Gasteiger charge is 2.04. The molecule has 0 aliphatic carbocycles. The first-order chi connectivity index (χ1) is 8.18. The monoisotopic (exact) mass is 254 g/mol. The molecule has 0 spiro atoms. The first kappa shape index (κ1) is 13.6. The SMILES string of the molecule is O=C(O)CCSCCC(=O)Oc1ccccc1. The highest BCUT2D eigenvalue weighted by molar-refractivity contribution is 7.99. The number of ether oxygens (including phenoxy) is 1. The third kappa shape index (κ3) is 6.63. The van der Waals surface area contributed by atoms with Crippen LogP contribution in [0, 0.1) is 0 Å². The summed E-state index contributed by atoms with van der Waals surface area (Å²) in [5, 5.41) is 8.41. The zero-order chi connectivity index (χ0) is 12.5. The zero-order valence-corrected chi connectivity index (χ0v) is 10.1. The van der Waals surface area contributed by atoms with Crippen molar-refractivity contribution in [3.63, 3.8) is 0 Å². The van der Waals surface area contributed by atoms with Crippen molar-refractivity contribution in [2.75, 3.05) is 11.5 Å². The summed E-state index contributed by atoms with van der Waals surface area (Å²) >= 11 is 1.44. The average molecular weight is 254 g/mol. The maximum atomic E-state index is 11.4. The molecular formula is C12H14O4S. The molecule has 1 N–H and O–H groups in total. The van der Waals surface area contributed by atoms with Gasteiger partial charge >= 0.3 is 11.9 Å². The first-order valence-corrected chi connectivity index (χ1v) is 6.39. The Morgan fingerprint density at radius 1 is 1.12 bits per heavy atom. The molecule has 1 aromatic carbocycles. The maximum Gasteiger partial charge on any atom is 0.312 e. The molecule has 0 amide bonds. The van der Waals surface area contributed by atoms with E-state index in [9.17, 15) is 9.59 Å². The molecule has 0 saturated heterocycles. The highest BCUT2D eigenvalue weighted by atomic mass is 32.2. The minimum absolute atomic E-state index is 0.123. The second kappa shape index (κ2) is 7.73. The predicted octanol–water partition coefficient (Wildman–Crippen LogP) is 2.19. The highest BCUT2D eigenvalue weighted by Crippen LogP contribution is 2.11. The van der Waals surface area contributed by atoms with Crippen LogP contribution in [-0.4, -0.2) is 28.6 Å². The number of aliphatic carboxylic acids is 1. The number of carboxylic acids is 1. The number of para-hydroxylation sites is 1. The van der Waals surface area contributed by atoms with E-state index in [0.29, 0.717) is 23.7 Å². The number of hydrogen-bond donors (Lipinski definition) is 1. The number of carbonyl (C=O) groups excluding carboxylic acids is 1. The standard InChI is InChI=1S/C12H14O4S/c13-11(14)6-8-17-9-7-12(15)16-10-4-2-1-3-5-10/h1-5H,6-9H2,(H,13,14). The van der Waals surface area contributed by atoms with Crippen molar-refractivity contribution in [2.24, 2.45) is 0 Å². The van der Waals surface area contributed by atoms with E-state index < -0.39 is 5.97 Å². The van der Waals surface area contributed by atoms with E-state index >= 15 is 0 Å². The lowest BCUT2D eigenvalue weighted by atomic mass is 10.3. The fourth-order valence-corrected chi connectivity index (χ4v) is 1.92. The Morgan fingerprint density at radius 2 is 1.76 bits per heavy atom. The molecule has 0 saturated carbocycles. The first-order valence-electron chi connectivity index (χ1n) is 5.24. The molecule has 0 bridgehead atoms. The lowest BCUT2D eigenvalue weighted by Gasteiger charge is -2.03. The second-order valence-corrected chi connectivity index (χ2v) is 4.52. The molecule has 0 radical (unpaired) electrons. The molecule has 17 heavy (non-hydrogen) atoms. The van der Waals surface area contributed by atoms with Gasteiger partial charge in [-0.05, 0) is 12.1 Å².